The van der Waals surface area contributed by atoms with Crippen molar-refractivity contribution in [2.75, 3.05) is 0 Å². The van der Waals surface area contributed by atoms with Crippen LogP contribution in [0.1, 0.15) is 11.3 Å². The first-order valence-corrected chi connectivity index (χ1v) is 11.3. The van der Waals surface area contributed by atoms with Gasteiger partial charge in [-0.2, -0.15) is 0 Å². The van der Waals surface area contributed by atoms with Crippen molar-refractivity contribution in [2.45, 2.75) is 6.54 Å². The number of carbonyl (C=O) groups excluding carboxylic acids is 2. The van der Waals surface area contributed by atoms with E-state index in [2.05, 4.69) is 15.9 Å². The van der Waals surface area contributed by atoms with Crippen molar-refractivity contribution in [3.8, 4) is 11.3 Å². The molecule has 152 valence electrons. The summed E-state index contributed by atoms with van der Waals surface area (Å²) < 4.78 is 6.84. The smallest absolute Gasteiger partial charge is 0.293 e. The zero-order chi connectivity index (χ0) is 21.4. The van der Waals surface area contributed by atoms with E-state index in [0.717, 1.165) is 38.1 Å². The Morgan fingerprint density at radius 3 is 2.61 bits per heavy atom. The molecule has 0 atom stereocenters. The molecule has 1 aliphatic heterocycles. The van der Waals surface area contributed by atoms with Gasteiger partial charge in [0.05, 0.1) is 11.4 Å². The van der Waals surface area contributed by atoms with Gasteiger partial charge in [-0.05, 0) is 52.4 Å². The third-order valence-electron chi connectivity index (χ3n) is 5.09. The molecule has 0 bridgehead atoms. The standard InChI is InChI=1S/C25H16BrNO3S/c26-19-9-4-7-17(13-19)22-12-11-20(30-22)14-23-24(28)27(25(29)31-23)15-18-8-3-6-16-5-1-2-10-21(16)18/h1-14H,15H2/b23-14+. The second-order valence-corrected chi connectivity index (χ2v) is 9.03. The number of benzene rings is 3. The van der Waals surface area contributed by atoms with E-state index in [-0.39, 0.29) is 17.7 Å². The lowest BCUT2D eigenvalue weighted by Crippen LogP contribution is -2.27. The van der Waals surface area contributed by atoms with Gasteiger partial charge in [0.15, 0.2) is 0 Å². The van der Waals surface area contributed by atoms with E-state index in [0.29, 0.717) is 16.4 Å². The number of nitrogens with zero attached hydrogens (tertiary/aromatic N) is 1. The molecule has 4 nitrogen and oxygen atoms in total. The van der Waals surface area contributed by atoms with Crippen LogP contribution in [-0.4, -0.2) is 16.0 Å². The van der Waals surface area contributed by atoms with Gasteiger partial charge in [0.2, 0.25) is 0 Å². The van der Waals surface area contributed by atoms with Crippen molar-refractivity contribution in [3.05, 3.63) is 99.6 Å². The number of halogens is 1. The lowest BCUT2D eigenvalue weighted by Gasteiger charge is -2.14. The van der Waals surface area contributed by atoms with Crippen LogP contribution in [0.2, 0.25) is 0 Å². The van der Waals surface area contributed by atoms with Gasteiger partial charge in [-0.3, -0.25) is 14.5 Å². The Morgan fingerprint density at radius 1 is 0.935 bits per heavy atom. The topological polar surface area (TPSA) is 50.5 Å². The minimum atomic E-state index is -0.302. The van der Waals surface area contributed by atoms with Gasteiger partial charge in [0.1, 0.15) is 11.5 Å². The molecule has 0 saturated carbocycles. The van der Waals surface area contributed by atoms with Gasteiger partial charge in [-0.25, -0.2) is 0 Å². The Morgan fingerprint density at radius 2 is 1.74 bits per heavy atom. The van der Waals surface area contributed by atoms with Crippen molar-refractivity contribution in [1.82, 2.24) is 4.90 Å². The highest BCUT2D eigenvalue weighted by Crippen LogP contribution is 2.35. The molecule has 1 fully saturated rings. The van der Waals surface area contributed by atoms with Crippen molar-refractivity contribution in [3.63, 3.8) is 0 Å². The minimum absolute atomic E-state index is 0.241. The van der Waals surface area contributed by atoms with E-state index in [1.807, 2.05) is 72.8 Å². The summed E-state index contributed by atoms with van der Waals surface area (Å²) in [5, 5.41) is 1.85. The molecule has 2 amide bonds. The fourth-order valence-corrected chi connectivity index (χ4v) is 4.81. The van der Waals surface area contributed by atoms with Crippen LogP contribution in [0.15, 0.2) is 92.7 Å². The highest BCUT2D eigenvalue weighted by molar-refractivity contribution is 9.10. The summed E-state index contributed by atoms with van der Waals surface area (Å²) in [6.07, 6.45) is 1.63. The molecule has 0 N–H and O–H groups in total. The quantitative estimate of drug-likeness (QED) is 0.287. The predicted molar refractivity (Wildman–Crippen MR) is 127 cm³/mol. The maximum atomic E-state index is 13.0. The number of hydrogen-bond acceptors (Lipinski definition) is 4. The summed E-state index contributed by atoms with van der Waals surface area (Å²) in [7, 11) is 0. The van der Waals surface area contributed by atoms with Crippen molar-refractivity contribution >= 4 is 55.7 Å². The summed E-state index contributed by atoms with van der Waals surface area (Å²) in [6.45, 7) is 0.241. The molecule has 31 heavy (non-hydrogen) atoms. The first-order chi connectivity index (χ1) is 15.1. The number of fused-ring (bicyclic) bond motifs is 1. The Balaban J connectivity index is 1.39. The molecule has 4 aromatic rings. The van der Waals surface area contributed by atoms with Gasteiger partial charge in [0.25, 0.3) is 11.1 Å². The highest BCUT2D eigenvalue weighted by Gasteiger charge is 2.35. The molecule has 2 heterocycles. The minimum Gasteiger partial charge on any atom is -0.457 e. The molecule has 0 aliphatic carbocycles. The Kier molecular flexibility index (Phi) is 5.26. The van der Waals surface area contributed by atoms with E-state index in [1.165, 1.54) is 4.90 Å². The fraction of sp³-hybridized carbons (Fsp3) is 0.0400. The Bertz CT molecular complexity index is 1350. The van der Waals surface area contributed by atoms with Gasteiger partial charge < -0.3 is 4.42 Å². The second kappa shape index (κ2) is 8.21. The van der Waals surface area contributed by atoms with Gasteiger partial charge in [-0.1, -0.05) is 70.5 Å². The molecule has 5 rings (SSSR count). The average molecular weight is 490 g/mol. The summed E-state index contributed by atoms with van der Waals surface area (Å²) in [5.41, 5.74) is 1.87. The summed E-state index contributed by atoms with van der Waals surface area (Å²) >= 11 is 4.40. The Labute approximate surface area is 191 Å². The molecular weight excluding hydrogens is 474 g/mol. The average Bonchev–Trinajstić information content (AvgIpc) is 3.34. The zero-order valence-corrected chi connectivity index (χ0v) is 18.7. The lowest BCUT2D eigenvalue weighted by atomic mass is 10.0. The molecule has 1 aliphatic rings. The van der Waals surface area contributed by atoms with Crippen LogP contribution in [0.25, 0.3) is 28.2 Å². The third kappa shape index (κ3) is 3.96. The largest absolute Gasteiger partial charge is 0.457 e. The molecular formula is C25H16BrNO3S. The van der Waals surface area contributed by atoms with E-state index in [9.17, 15) is 9.59 Å². The number of imide groups is 1. The molecule has 6 heteroatoms. The van der Waals surface area contributed by atoms with E-state index in [4.69, 9.17) is 4.42 Å². The predicted octanol–water partition coefficient (Wildman–Crippen LogP) is 7.10. The SMILES string of the molecule is O=C1S/C(=C/c2ccc(-c3cccc(Br)c3)o2)C(=O)N1Cc1cccc2ccccc12. The summed E-state index contributed by atoms with van der Waals surface area (Å²) in [5.74, 6) is 0.927. The first kappa shape index (κ1) is 19.8. The Hall–Kier alpha value is -3.09. The van der Waals surface area contributed by atoms with Crippen molar-refractivity contribution < 1.29 is 14.0 Å². The lowest BCUT2D eigenvalue weighted by molar-refractivity contribution is -0.123. The monoisotopic (exact) mass is 489 g/mol. The molecule has 3 aromatic carbocycles. The highest BCUT2D eigenvalue weighted by atomic mass is 79.9. The molecule has 0 radical (unpaired) electrons. The van der Waals surface area contributed by atoms with Crippen LogP contribution in [0.3, 0.4) is 0 Å². The van der Waals surface area contributed by atoms with Gasteiger partial charge in [0, 0.05) is 16.1 Å². The number of furan rings is 1. The van der Waals surface area contributed by atoms with Crippen LogP contribution in [0.5, 0.6) is 0 Å². The van der Waals surface area contributed by atoms with Crippen LogP contribution in [0, 0.1) is 0 Å². The molecule has 1 saturated heterocycles. The number of amides is 2. The number of thioether (sulfide) groups is 1. The number of rotatable bonds is 4. The van der Waals surface area contributed by atoms with Crippen LogP contribution in [0.4, 0.5) is 4.79 Å². The normalized spacial score (nSPS) is 15.4. The number of carbonyl (C=O) groups is 2. The third-order valence-corrected chi connectivity index (χ3v) is 6.49. The van der Waals surface area contributed by atoms with Crippen molar-refractivity contribution in [2.24, 2.45) is 0 Å². The molecule has 0 unspecified atom stereocenters. The van der Waals surface area contributed by atoms with Crippen LogP contribution >= 0.6 is 27.7 Å². The summed E-state index contributed by atoms with van der Waals surface area (Å²) in [4.78, 5) is 27.2. The van der Waals surface area contributed by atoms with E-state index >= 15 is 0 Å². The van der Waals surface area contributed by atoms with Crippen LogP contribution < -0.4 is 0 Å². The van der Waals surface area contributed by atoms with E-state index < -0.39 is 0 Å². The maximum absolute atomic E-state index is 13.0. The second-order valence-electron chi connectivity index (χ2n) is 7.12. The maximum Gasteiger partial charge on any atom is 0.293 e. The van der Waals surface area contributed by atoms with Gasteiger partial charge in [-0.15, -0.1) is 0 Å². The van der Waals surface area contributed by atoms with E-state index in [1.54, 1.807) is 12.1 Å². The molecule has 1 aromatic heterocycles. The summed E-state index contributed by atoms with van der Waals surface area (Å²) in [6, 6.07) is 25.3. The number of hydrogen-bond donors (Lipinski definition) is 0. The van der Waals surface area contributed by atoms with Gasteiger partial charge >= 0.3 is 0 Å². The first-order valence-electron chi connectivity index (χ1n) is 9.66. The zero-order valence-electron chi connectivity index (χ0n) is 16.2. The van der Waals surface area contributed by atoms with Crippen LogP contribution in [-0.2, 0) is 11.3 Å². The fourth-order valence-electron chi connectivity index (χ4n) is 3.59. The van der Waals surface area contributed by atoms with Crippen molar-refractivity contribution in [1.29, 1.82) is 0 Å². The molecule has 0 spiro atoms.